The SMILES string of the molecule is CCN(CC)S(=O)(=O)c1ccc(C(=O)Nc2ccc3c(c2)OCC(=O)N3CCOc2cccc(C)c2)cc1. The number of benzene rings is 3. The second-order valence-electron chi connectivity index (χ2n) is 8.75. The molecule has 4 rings (SSSR count). The number of carbonyl (C=O) groups is 2. The molecule has 0 aliphatic carbocycles. The molecule has 0 spiro atoms. The number of amides is 2. The molecule has 3 aromatic carbocycles. The Kier molecular flexibility index (Phi) is 8.33. The summed E-state index contributed by atoms with van der Waals surface area (Å²) in [7, 11) is -3.60. The first-order valence-corrected chi connectivity index (χ1v) is 13.8. The van der Waals surface area contributed by atoms with Crippen LogP contribution < -0.4 is 19.7 Å². The van der Waals surface area contributed by atoms with E-state index < -0.39 is 15.9 Å². The molecule has 0 unspecified atom stereocenters. The van der Waals surface area contributed by atoms with Gasteiger partial charge in [-0.05, 0) is 61.0 Å². The number of carbonyl (C=O) groups excluding carboxylic acids is 2. The summed E-state index contributed by atoms with van der Waals surface area (Å²) in [5, 5.41) is 2.80. The van der Waals surface area contributed by atoms with Crippen molar-refractivity contribution >= 4 is 33.2 Å². The Bertz CT molecular complexity index is 1420. The fraction of sp³-hybridized carbons (Fsp3) is 0.286. The number of aryl methyl sites for hydroxylation is 1. The minimum absolute atomic E-state index is 0.114. The van der Waals surface area contributed by atoms with E-state index >= 15 is 0 Å². The van der Waals surface area contributed by atoms with Crippen molar-refractivity contribution in [2.45, 2.75) is 25.7 Å². The second kappa shape index (κ2) is 11.7. The van der Waals surface area contributed by atoms with E-state index in [-0.39, 0.29) is 17.4 Å². The fourth-order valence-electron chi connectivity index (χ4n) is 4.18. The van der Waals surface area contributed by atoms with E-state index in [1.165, 1.54) is 28.6 Å². The van der Waals surface area contributed by atoms with Crippen LogP contribution in [0.4, 0.5) is 11.4 Å². The quantitative estimate of drug-likeness (QED) is 0.418. The number of hydrogen-bond donors (Lipinski definition) is 1. The van der Waals surface area contributed by atoms with E-state index in [9.17, 15) is 18.0 Å². The van der Waals surface area contributed by atoms with Crippen molar-refractivity contribution < 1.29 is 27.5 Å². The van der Waals surface area contributed by atoms with Crippen molar-refractivity contribution in [2.24, 2.45) is 0 Å². The van der Waals surface area contributed by atoms with Crippen molar-refractivity contribution in [1.29, 1.82) is 0 Å². The third kappa shape index (κ3) is 5.98. The molecule has 0 bridgehead atoms. The summed E-state index contributed by atoms with van der Waals surface area (Å²) in [6, 6.07) is 18.6. The summed E-state index contributed by atoms with van der Waals surface area (Å²) < 4.78 is 38.1. The second-order valence-corrected chi connectivity index (χ2v) is 10.7. The Morgan fingerprint density at radius 2 is 1.79 bits per heavy atom. The summed E-state index contributed by atoms with van der Waals surface area (Å²) >= 11 is 0. The lowest BCUT2D eigenvalue weighted by Gasteiger charge is -2.29. The number of rotatable bonds is 10. The molecule has 3 aromatic rings. The van der Waals surface area contributed by atoms with Crippen LogP contribution in [0.1, 0.15) is 29.8 Å². The van der Waals surface area contributed by atoms with Gasteiger partial charge < -0.3 is 19.7 Å². The zero-order valence-corrected chi connectivity index (χ0v) is 22.5. The molecule has 1 heterocycles. The lowest BCUT2D eigenvalue weighted by molar-refractivity contribution is -0.121. The Morgan fingerprint density at radius 1 is 1.05 bits per heavy atom. The molecule has 1 aliphatic rings. The van der Waals surface area contributed by atoms with Gasteiger partial charge in [-0.1, -0.05) is 26.0 Å². The number of hydrogen-bond acceptors (Lipinski definition) is 6. The van der Waals surface area contributed by atoms with Crippen LogP contribution in [-0.4, -0.2) is 57.4 Å². The van der Waals surface area contributed by atoms with Crippen molar-refractivity contribution in [1.82, 2.24) is 4.31 Å². The standard InChI is InChI=1S/C28H31N3O6S/c1-4-30(5-2)38(34,35)24-12-9-21(10-13-24)28(33)29-22-11-14-25-26(18-22)37-19-27(32)31(25)15-16-36-23-8-6-7-20(3)17-23/h6-14,17-18H,4-5,15-16,19H2,1-3H3,(H,29,33). The van der Waals surface area contributed by atoms with Gasteiger partial charge in [0, 0.05) is 30.4 Å². The van der Waals surface area contributed by atoms with E-state index in [2.05, 4.69) is 5.32 Å². The maximum atomic E-state index is 12.8. The molecule has 0 radical (unpaired) electrons. The van der Waals surface area contributed by atoms with Crippen LogP contribution in [0, 0.1) is 6.92 Å². The van der Waals surface area contributed by atoms with Gasteiger partial charge in [-0.15, -0.1) is 0 Å². The number of sulfonamides is 1. The highest BCUT2D eigenvalue weighted by Gasteiger charge is 2.26. The molecule has 2 amide bonds. The highest BCUT2D eigenvalue weighted by molar-refractivity contribution is 7.89. The molecule has 0 fully saturated rings. The summed E-state index contributed by atoms with van der Waals surface area (Å²) in [5.74, 6) is 0.634. The summed E-state index contributed by atoms with van der Waals surface area (Å²) in [6.45, 7) is 6.81. The number of ether oxygens (including phenoxy) is 2. The molecule has 0 saturated heterocycles. The molecule has 0 aromatic heterocycles. The average Bonchev–Trinajstić information content (AvgIpc) is 2.90. The molecule has 1 aliphatic heterocycles. The monoisotopic (exact) mass is 537 g/mol. The first-order valence-electron chi connectivity index (χ1n) is 12.4. The number of nitrogens with one attached hydrogen (secondary N) is 1. The van der Waals surface area contributed by atoms with Crippen LogP contribution in [0.3, 0.4) is 0 Å². The Morgan fingerprint density at radius 3 is 2.47 bits per heavy atom. The predicted molar refractivity (Wildman–Crippen MR) is 145 cm³/mol. The highest BCUT2D eigenvalue weighted by Crippen LogP contribution is 2.34. The van der Waals surface area contributed by atoms with Gasteiger partial charge in [-0.25, -0.2) is 8.42 Å². The molecule has 38 heavy (non-hydrogen) atoms. The normalized spacial score (nSPS) is 13.2. The van der Waals surface area contributed by atoms with Gasteiger partial charge in [-0.3, -0.25) is 9.59 Å². The molecule has 10 heteroatoms. The topological polar surface area (TPSA) is 105 Å². The summed E-state index contributed by atoms with van der Waals surface area (Å²) in [5.41, 5.74) is 2.48. The van der Waals surface area contributed by atoms with Gasteiger partial charge >= 0.3 is 0 Å². The summed E-state index contributed by atoms with van der Waals surface area (Å²) in [4.78, 5) is 27.1. The van der Waals surface area contributed by atoms with Crippen LogP contribution >= 0.6 is 0 Å². The van der Waals surface area contributed by atoms with Gasteiger partial charge in [0.1, 0.15) is 18.1 Å². The number of nitrogens with zero attached hydrogens (tertiary/aromatic N) is 2. The van der Waals surface area contributed by atoms with Crippen LogP contribution in [0.25, 0.3) is 0 Å². The Hall–Kier alpha value is -3.89. The summed E-state index contributed by atoms with van der Waals surface area (Å²) in [6.07, 6.45) is 0. The molecular weight excluding hydrogens is 506 g/mol. The van der Waals surface area contributed by atoms with E-state index in [0.29, 0.717) is 48.9 Å². The molecule has 1 N–H and O–H groups in total. The predicted octanol–water partition coefficient (Wildman–Crippen LogP) is 4.08. The number of anilines is 2. The zero-order valence-electron chi connectivity index (χ0n) is 21.6. The fourth-order valence-corrected chi connectivity index (χ4v) is 5.64. The van der Waals surface area contributed by atoms with Gasteiger partial charge in [-0.2, -0.15) is 4.31 Å². The van der Waals surface area contributed by atoms with Crippen molar-refractivity contribution in [3.63, 3.8) is 0 Å². The first-order chi connectivity index (χ1) is 18.2. The third-order valence-electron chi connectivity index (χ3n) is 6.19. The van der Waals surface area contributed by atoms with Crippen molar-refractivity contribution in [3.05, 3.63) is 77.9 Å². The zero-order chi connectivity index (χ0) is 27.3. The van der Waals surface area contributed by atoms with Gasteiger partial charge in [0.25, 0.3) is 11.8 Å². The smallest absolute Gasteiger partial charge is 0.265 e. The van der Waals surface area contributed by atoms with E-state index in [1.54, 1.807) is 36.9 Å². The largest absolute Gasteiger partial charge is 0.492 e. The van der Waals surface area contributed by atoms with Crippen molar-refractivity contribution in [2.75, 3.05) is 43.1 Å². The minimum atomic E-state index is -3.60. The Labute approximate surface area is 223 Å². The molecule has 9 nitrogen and oxygen atoms in total. The average molecular weight is 538 g/mol. The highest BCUT2D eigenvalue weighted by atomic mass is 32.2. The molecule has 200 valence electrons. The Balaban J connectivity index is 1.42. The van der Waals surface area contributed by atoms with Gasteiger partial charge in [0.05, 0.1) is 17.1 Å². The van der Waals surface area contributed by atoms with E-state index in [0.717, 1.165) is 11.3 Å². The number of fused-ring (bicyclic) bond motifs is 1. The molecular formula is C28H31N3O6S. The van der Waals surface area contributed by atoms with Crippen LogP contribution in [0.2, 0.25) is 0 Å². The van der Waals surface area contributed by atoms with Crippen LogP contribution in [-0.2, 0) is 14.8 Å². The van der Waals surface area contributed by atoms with Gasteiger partial charge in [0.2, 0.25) is 10.0 Å². The molecule has 0 atom stereocenters. The van der Waals surface area contributed by atoms with E-state index in [1.807, 2.05) is 31.2 Å². The maximum absolute atomic E-state index is 12.8. The van der Waals surface area contributed by atoms with Crippen LogP contribution in [0.5, 0.6) is 11.5 Å². The third-order valence-corrected chi connectivity index (χ3v) is 8.26. The molecule has 0 saturated carbocycles. The van der Waals surface area contributed by atoms with Gasteiger partial charge in [0.15, 0.2) is 6.61 Å². The van der Waals surface area contributed by atoms with E-state index in [4.69, 9.17) is 9.47 Å². The maximum Gasteiger partial charge on any atom is 0.265 e. The lowest BCUT2D eigenvalue weighted by Crippen LogP contribution is -2.41. The lowest BCUT2D eigenvalue weighted by atomic mass is 10.2. The van der Waals surface area contributed by atoms with Crippen LogP contribution in [0.15, 0.2) is 71.6 Å². The van der Waals surface area contributed by atoms with Crippen molar-refractivity contribution in [3.8, 4) is 11.5 Å². The minimum Gasteiger partial charge on any atom is -0.492 e. The first kappa shape index (κ1) is 27.2.